The summed E-state index contributed by atoms with van der Waals surface area (Å²) in [5, 5.41) is 26.8. The Kier molecular flexibility index (Phi) is 9.02. The van der Waals surface area contributed by atoms with Gasteiger partial charge in [-0.3, -0.25) is 9.59 Å². The lowest BCUT2D eigenvalue weighted by atomic mass is 9.75. The Labute approximate surface area is 232 Å². The molecule has 0 aromatic heterocycles. The molecule has 7 atom stereocenters. The fourth-order valence-electron chi connectivity index (χ4n) is 5.89. The number of carbonyl (C=O) groups is 4. The second-order valence-electron chi connectivity index (χ2n) is 11.0. The van der Waals surface area contributed by atoms with Gasteiger partial charge in [-0.1, -0.05) is 11.2 Å². The van der Waals surface area contributed by atoms with Gasteiger partial charge in [0.25, 0.3) is 0 Å². The van der Waals surface area contributed by atoms with Crippen molar-refractivity contribution in [3.63, 3.8) is 0 Å². The van der Waals surface area contributed by atoms with E-state index in [-0.39, 0.29) is 25.8 Å². The van der Waals surface area contributed by atoms with Gasteiger partial charge in [-0.25, -0.2) is 9.59 Å². The molecule has 0 spiro atoms. The number of hydrogen-bond donors (Lipinski definition) is 2. The van der Waals surface area contributed by atoms with Crippen molar-refractivity contribution < 1.29 is 48.3 Å². The van der Waals surface area contributed by atoms with E-state index in [0.717, 1.165) is 6.92 Å². The Hall–Kier alpha value is -3.41. The highest BCUT2D eigenvalue weighted by atomic mass is 16.6. The standard InChI is InChI=1S/C27H37N3O10/c1-7-14(2)23(33)37-18-12-17-21(15(18)3)22-27(36,26(6,35)24(34)39-22)19(13-25(17,5)40-16(4)31)38-20(32)10-8-9-11-29-30-28/h7,17-19,22,35-36H,8-13H2,1-6H3/b14-7-/t17-,18+,19-,22-,25-,26+,27+/m0/s1. The number of rotatable bonds is 9. The molecule has 0 amide bonds. The van der Waals surface area contributed by atoms with E-state index in [1.54, 1.807) is 33.8 Å². The molecular weight excluding hydrogens is 526 g/mol. The second-order valence-corrected chi connectivity index (χ2v) is 11.0. The molecule has 0 unspecified atom stereocenters. The Morgan fingerprint density at radius 2 is 1.88 bits per heavy atom. The summed E-state index contributed by atoms with van der Waals surface area (Å²) in [6.07, 6.45) is -1.68. The van der Waals surface area contributed by atoms with E-state index >= 15 is 0 Å². The molecule has 1 saturated carbocycles. The van der Waals surface area contributed by atoms with Gasteiger partial charge in [0.1, 0.15) is 17.8 Å². The molecule has 2 N–H and O–H groups in total. The molecule has 220 valence electrons. The zero-order valence-electron chi connectivity index (χ0n) is 23.6. The van der Waals surface area contributed by atoms with Crippen molar-refractivity contribution in [2.75, 3.05) is 6.54 Å². The summed E-state index contributed by atoms with van der Waals surface area (Å²) in [7, 11) is 0. The van der Waals surface area contributed by atoms with Crippen molar-refractivity contribution >= 4 is 23.9 Å². The summed E-state index contributed by atoms with van der Waals surface area (Å²) in [6.45, 7) is 9.04. The molecule has 0 aromatic rings. The minimum Gasteiger partial charge on any atom is -0.459 e. The summed E-state index contributed by atoms with van der Waals surface area (Å²) in [5.74, 6) is -3.77. The Bertz CT molecular complexity index is 1190. The van der Waals surface area contributed by atoms with E-state index in [9.17, 15) is 29.4 Å². The number of esters is 4. The van der Waals surface area contributed by atoms with E-state index < -0.39 is 64.9 Å². The molecule has 13 heteroatoms. The number of carbonyl (C=O) groups excluding carboxylic acids is 4. The van der Waals surface area contributed by atoms with E-state index in [1.165, 1.54) is 6.92 Å². The van der Waals surface area contributed by atoms with Crippen LogP contribution in [0, 0.1) is 5.92 Å². The van der Waals surface area contributed by atoms with Crippen LogP contribution in [0.5, 0.6) is 0 Å². The first-order valence-corrected chi connectivity index (χ1v) is 13.2. The fraction of sp³-hybridized carbons (Fsp3) is 0.704. The van der Waals surface area contributed by atoms with Crippen LogP contribution in [-0.4, -0.2) is 75.8 Å². The number of fused-ring (bicyclic) bond motifs is 3. The van der Waals surface area contributed by atoms with E-state index in [4.69, 9.17) is 24.5 Å². The second kappa shape index (κ2) is 11.6. The molecule has 1 aliphatic heterocycles. The van der Waals surface area contributed by atoms with Gasteiger partial charge in [0.05, 0.1) is 0 Å². The lowest BCUT2D eigenvalue weighted by Gasteiger charge is -2.41. The quantitative estimate of drug-likeness (QED) is 0.0615. The van der Waals surface area contributed by atoms with Crippen LogP contribution in [0.1, 0.15) is 73.6 Å². The largest absolute Gasteiger partial charge is 0.459 e. The first kappa shape index (κ1) is 31.1. The summed E-state index contributed by atoms with van der Waals surface area (Å²) < 4.78 is 22.8. The molecule has 0 bridgehead atoms. The van der Waals surface area contributed by atoms with Gasteiger partial charge >= 0.3 is 23.9 Å². The molecular formula is C27H37N3O10. The zero-order chi connectivity index (χ0) is 30.0. The summed E-state index contributed by atoms with van der Waals surface area (Å²) in [5.41, 5.74) is 3.22. The Morgan fingerprint density at radius 1 is 1.20 bits per heavy atom. The number of allylic oxidation sites excluding steroid dienone is 1. The fourth-order valence-corrected chi connectivity index (χ4v) is 5.89. The minimum atomic E-state index is -2.50. The van der Waals surface area contributed by atoms with Crippen LogP contribution >= 0.6 is 0 Å². The van der Waals surface area contributed by atoms with Gasteiger partial charge in [0.15, 0.2) is 17.3 Å². The molecule has 1 saturated heterocycles. The SMILES string of the molecule is C/C=C(/C)C(=O)O[C@@H]1C[C@H]2C(=C1C)[C@@H]1OC(=O)[C@@](C)(O)[C@@]1(O)[C@@H](OC(=O)CCCCN=[N+]=[N-])C[C@]2(C)OC(C)=O. The van der Waals surface area contributed by atoms with Crippen molar-refractivity contribution in [2.24, 2.45) is 11.0 Å². The van der Waals surface area contributed by atoms with Crippen LogP contribution in [0.4, 0.5) is 0 Å². The summed E-state index contributed by atoms with van der Waals surface area (Å²) >= 11 is 0. The summed E-state index contributed by atoms with van der Waals surface area (Å²) in [6, 6.07) is 0. The Balaban J connectivity index is 2.08. The molecule has 0 aromatic carbocycles. The predicted molar refractivity (Wildman–Crippen MR) is 138 cm³/mol. The molecule has 0 radical (unpaired) electrons. The maximum absolute atomic E-state index is 12.9. The van der Waals surface area contributed by atoms with Crippen molar-refractivity contribution in [3.05, 3.63) is 33.2 Å². The molecule has 40 heavy (non-hydrogen) atoms. The summed E-state index contributed by atoms with van der Waals surface area (Å²) in [4.78, 5) is 53.3. The highest BCUT2D eigenvalue weighted by Gasteiger charge is 2.74. The van der Waals surface area contributed by atoms with Crippen LogP contribution in [0.25, 0.3) is 10.4 Å². The first-order chi connectivity index (χ1) is 18.6. The number of nitrogens with zero attached hydrogens (tertiary/aromatic N) is 3. The molecule has 13 nitrogen and oxygen atoms in total. The monoisotopic (exact) mass is 563 g/mol. The van der Waals surface area contributed by atoms with Gasteiger partial charge < -0.3 is 29.2 Å². The van der Waals surface area contributed by atoms with Crippen molar-refractivity contribution in [3.8, 4) is 0 Å². The number of hydrogen-bond acceptors (Lipinski definition) is 11. The third kappa shape index (κ3) is 5.45. The lowest BCUT2D eigenvalue weighted by Crippen LogP contribution is -2.64. The number of ether oxygens (including phenoxy) is 4. The van der Waals surface area contributed by atoms with Crippen LogP contribution in [0.3, 0.4) is 0 Å². The third-order valence-electron chi connectivity index (χ3n) is 8.27. The Morgan fingerprint density at radius 3 is 2.48 bits per heavy atom. The molecule has 3 rings (SSSR count). The van der Waals surface area contributed by atoms with E-state index in [0.29, 0.717) is 29.6 Å². The molecule has 3 aliphatic rings. The van der Waals surface area contributed by atoms with Gasteiger partial charge in [-0.2, -0.15) is 0 Å². The van der Waals surface area contributed by atoms with Crippen LogP contribution in [0.15, 0.2) is 27.9 Å². The van der Waals surface area contributed by atoms with E-state index in [2.05, 4.69) is 10.0 Å². The molecule has 2 aliphatic carbocycles. The van der Waals surface area contributed by atoms with Gasteiger partial charge in [0, 0.05) is 42.7 Å². The third-order valence-corrected chi connectivity index (χ3v) is 8.27. The van der Waals surface area contributed by atoms with Crippen LogP contribution < -0.4 is 0 Å². The van der Waals surface area contributed by atoms with Crippen LogP contribution in [-0.2, 0) is 38.1 Å². The van der Waals surface area contributed by atoms with Gasteiger partial charge in [-0.05, 0) is 70.6 Å². The molecule has 2 fully saturated rings. The zero-order valence-corrected chi connectivity index (χ0v) is 23.6. The minimum absolute atomic E-state index is 0.0904. The van der Waals surface area contributed by atoms with Crippen molar-refractivity contribution in [2.45, 2.75) is 109 Å². The molecule has 1 heterocycles. The van der Waals surface area contributed by atoms with Crippen LogP contribution in [0.2, 0.25) is 0 Å². The number of unbranched alkanes of at least 4 members (excludes halogenated alkanes) is 1. The maximum Gasteiger partial charge on any atom is 0.341 e. The average molecular weight is 564 g/mol. The lowest BCUT2D eigenvalue weighted by molar-refractivity contribution is -0.210. The van der Waals surface area contributed by atoms with Crippen molar-refractivity contribution in [1.82, 2.24) is 0 Å². The highest BCUT2D eigenvalue weighted by Crippen LogP contribution is 2.56. The normalized spacial score (nSPS) is 35.1. The average Bonchev–Trinajstić information content (AvgIpc) is 3.26. The van der Waals surface area contributed by atoms with Gasteiger partial charge in [0.2, 0.25) is 0 Å². The van der Waals surface area contributed by atoms with Crippen molar-refractivity contribution in [1.29, 1.82) is 0 Å². The maximum atomic E-state index is 12.9. The topological polar surface area (TPSA) is 194 Å². The highest BCUT2D eigenvalue weighted by molar-refractivity contribution is 5.88. The number of azide groups is 1. The van der Waals surface area contributed by atoms with E-state index in [1.807, 2.05) is 0 Å². The smallest absolute Gasteiger partial charge is 0.341 e. The first-order valence-electron chi connectivity index (χ1n) is 13.2. The van der Waals surface area contributed by atoms with Gasteiger partial charge in [-0.15, -0.1) is 0 Å². The predicted octanol–water partition coefficient (Wildman–Crippen LogP) is 2.73. The number of aliphatic hydroxyl groups is 2.